The Kier molecular flexibility index (Phi) is 6.80. The molecule has 0 radical (unpaired) electrons. The molecule has 176 valence electrons. The number of fused-ring (bicyclic) bond motifs is 1. The van der Waals surface area contributed by atoms with Crippen LogP contribution in [0.2, 0.25) is 5.02 Å². The molecule has 2 aromatic heterocycles. The molecule has 0 aliphatic carbocycles. The van der Waals surface area contributed by atoms with Gasteiger partial charge in [0.2, 0.25) is 5.91 Å². The number of hydrogen-bond donors (Lipinski definition) is 3. The molecular formula is C23H23ClN6O3S. The number of aromatic amines is 1. The van der Waals surface area contributed by atoms with Crippen LogP contribution >= 0.6 is 23.4 Å². The number of nitrogens with one attached hydrogen (secondary N) is 3. The standard InChI is InChI=1S/C23H23ClN6O3S/c1-12-15(24)6-5-7-17(12)30-21(25)20-13(2)28-29-22(20)27-23(30)34-11-19(31)26-16-9-8-14(32-3)10-18(16)33-4/h5-10,25H,11H2,1-4H3,(H,26,31)(H,28,29). The van der Waals surface area contributed by atoms with E-state index in [1.807, 2.05) is 26.0 Å². The summed E-state index contributed by atoms with van der Waals surface area (Å²) in [5, 5.41) is 20.5. The SMILES string of the molecule is COc1ccc(NC(=O)CSc2nc3n[nH]c(C)c3c(=N)n2-c2cccc(Cl)c2C)c(OC)c1. The lowest BCUT2D eigenvalue weighted by atomic mass is 10.2. The predicted molar refractivity (Wildman–Crippen MR) is 132 cm³/mol. The van der Waals surface area contributed by atoms with Gasteiger partial charge in [-0.15, -0.1) is 0 Å². The number of H-pyrrole nitrogens is 1. The lowest BCUT2D eigenvalue weighted by Gasteiger charge is -2.16. The second-order valence-corrected chi connectivity index (χ2v) is 8.76. The molecule has 1 amide bonds. The minimum atomic E-state index is -0.255. The lowest BCUT2D eigenvalue weighted by Crippen LogP contribution is -2.24. The molecule has 9 nitrogen and oxygen atoms in total. The molecular weight excluding hydrogens is 476 g/mol. The second kappa shape index (κ2) is 9.78. The Bertz CT molecular complexity index is 1450. The van der Waals surface area contributed by atoms with Gasteiger partial charge >= 0.3 is 0 Å². The van der Waals surface area contributed by atoms with Crippen LogP contribution in [0.5, 0.6) is 11.5 Å². The maximum Gasteiger partial charge on any atom is 0.234 e. The van der Waals surface area contributed by atoms with Crippen molar-refractivity contribution < 1.29 is 14.3 Å². The van der Waals surface area contributed by atoms with Crippen LogP contribution in [0.1, 0.15) is 11.3 Å². The summed E-state index contributed by atoms with van der Waals surface area (Å²) in [6.45, 7) is 3.72. The number of halogens is 1. The molecule has 3 N–H and O–H groups in total. The van der Waals surface area contributed by atoms with Gasteiger partial charge in [-0.3, -0.25) is 19.9 Å². The van der Waals surface area contributed by atoms with Crippen molar-refractivity contribution in [3.05, 3.63) is 58.2 Å². The third kappa shape index (κ3) is 4.46. The van der Waals surface area contributed by atoms with Gasteiger partial charge in [0.15, 0.2) is 10.8 Å². The van der Waals surface area contributed by atoms with Crippen LogP contribution in [0.15, 0.2) is 41.6 Å². The van der Waals surface area contributed by atoms with Crippen molar-refractivity contribution >= 4 is 46.0 Å². The Hall–Kier alpha value is -3.50. The molecule has 34 heavy (non-hydrogen) atoms. The number of aryl methyl sites for hydroxylation is 1. The van der Waals surface area contributed by atoms with Crippen LogP contribution in [0.3, 0.4) is 0 Å². The number of ether oxygens (including phenoxy) is 2. The third-order valence-corrected chi connectivity index (χ3v) is 6.62. The lowest BCUT2D eigenvalue weighted by molar-refractivity contribution is -0.113. The van der Waals surface area contributed by atoms with Crippen LogP contribution in [0.25, 0.3) is 16.7 Å². The van der Waals surface area contributed by atoms with Gasteiger partial charge in [-0.25, -0.2) is 4.98 Å². The Morgan fingerprint density at radius 1 is 1.24 bits per heavy atom. The van der Waals surface area contributed by atoms with Crippen LogP contribution in [0.4, 0.5) is 5.69 Å². The number of thioether (sulfide) groups is 1. The molecule has 4 rings (SSSR count). The summed E-state index contributed by atoms with van der Waals surface area (Å²) in [6, 6.07) is 10.6. The zero-order valence-corrected chi connectivity index (χ0v) is 20.6. The summed E-state index contributed by atoms with van der Waals surface area (Å²) < 4.78 is 12.2. The highest BCUT2D eigenvalue weighted by molar-refractivity contribution is 7.99. The van der Waals surface area contributed by atoms with E-state index in [0.29, 0.717) is 44.1 Å². The minimum absolute atomic E-state index is 0.0517. The maximum absolute atomic E-state index is 12.8. The van der Waals surface area contributed by atoms with E-state index in [4.69, 9.17) is 26.5 Å². The van der Waals surface area contributed by atoms with E-state index in [9.17, 15) is 4.79 Å². The first-order valence-corrected chi connectivity index (χ1v) is 11.6. The first-order chi connectivity index (χ1) is 16.3. The monoisotopic (exact) mass is 498 g/mol. The van der Waals surface area contributed by atoms with Crippen molar-refractivity contribution in [2.45, 2.75) is 19.0 Å². The van der Waals surface area contributed by atoms with Crippen molar-refractivity contribution in [2.24, 2.45) is 0 Å². The smallest absolute Gasteiger partial charge is 0.234 e. The van der Waals surface area contributed by atoms with E-state index in [-0.39, 0.29) is 17.1 Å². The number of benzene rings is 2. The zero-order valence-electron chi connectivity index (χ0n) is 19.0. The molecule has 0 spiro atoms. The van der Waals surface area contributed by atoms with E-state index >= 15 is 0 Å². The van der Waals surface area contributed by atoms with Crippen molar-refractivity contribution in [3.8, 4) is 17.2 Å². The van der Waals surface area contributed by atoms with Crippen molar-refractivity contribution in [1.82, 2.24) is 19.7 Å². The molecule has 2 heterocycles. The quantitative estimate of drug-likeness (QED) is 0.259. The summed E-state index contributed by atoms with van der Waals surface area (Å²) in [5.74, 6) is 0.907. The topological polar surface area (TPSA) is 118 Å². The number of aromatic nitrogens is 4. The summed E-state index contributed by atoms with van der Waals surface area (Å²) in [7, 11) is 3.09. The van der Waals surface area contributed by atoms with Crippen molar-refractivity contribution in [3.63, 3.8) is 0 Å². The first kappa shape index (κ1) is 23.7. The van der Waals surface area contributed by atoms with Gasteiger partial charge in [-0.1, -0.05) is 29.4 Å². The van der Waals surface area contributed by atoms with Crippen molar-refractivity contribution in [2.75, 3.05) is 25.3 Å². The number of hydrogen-bond acceptors (Lipinski definition) is 7. The highest BCUT2D eigenvalue weighted by Crippen LogP contribution is 2.30. The molecule has 2 aromatic carbocycles. The van der Waals surface area contributed by atoms with E-state index in [1.54, 1.807) is 35.9 Å². The van der Waals surface area contributed by atoms with Crippen LogP contribution in [-0.2, 0) is 4.79 Å². The molecule has 0 bridgehead atoms. The molecule has 11 heteroatoms. The number of anilines is 1. The number of carbonyl (C=O) groups excluding carboxylic acids is 1. The Labute approximate surface area is 205 Å². The fourth-order valence-corrected chi connectivity index (χ4v) is 4.48. The maximum atomic E-state index is 12.8. The molecule has 4 aromatic rings. The second-order valence-electron chi connectivity index (χ2n) is 7.41. The van der Waals surface area contributed by atoms with Gasteiger partial charge in [0.1, 0.15) is 17.0 Å². The van der Waals surface area contributed by atoms with Crippen LogP contribution in [0, 0.1) is 19.3 Å². The first-order valence-electron chi connectivity index (χ1n) is 10.3. The van der Waals surface area contributed by atoms with Crippen LogP contribution in [-0.4, -0.2) is 45.6 Å². The van der Waals surface area contributed by atoms with Gasteiger partial charge in [-0.05, 0) is 43.7 Å². The largest absolute Gasteiger partial charge is 0.497 e. The molecule has 0 aliphatic rings. The summed E-state index contributed by atoms with van der Waals surface area (Å²) in [4.78, 5) is 17.4. The number of amides is 1. The Balaban J connectivity index is 1.68. The van der Waals surface area contributed by atoms with Gasteiger partial charge < -0.3 is 14.8 Å². The van der Waals surface area contributed by atoms with E-state index < -0.39 is 0 Å². The fraction of sp³-hybridized carbons (Fsp3) is 0.217. The average molecular weight is 499 g/mol. The molecule has 0 fully saturated rings. The Morgan fingerprint density at radius 2 is 2.03 bits per heavy atom. The highest BCUT2D eigenvalue weighted by Gasteiger charge is 2.18. The minimum Gasteiger partial charge on any atom is -0.497 e. The molecule has 0 atom stereocenters. The third-order valence-electron chi connectivity index (χ3n) is 5.28. The van der Waals surface area contributed by atoms with Gasteiger partial charge in [0.25, 0.3) is 0 Å². The Morgan fingerprint density at radius 3 is 2.76 bits per heavy atom. The molecule has 0 aliphatic heterocycles. The summed E-state index contributed by atoms with van der Waals surface area (Å²) in [5.41, 5.74) is 3.41. The van der Waals surface area contributed by atoms with Gasteiger partial charge in [-0.2, -0.15) is 5.10 Å². The van der Waals surface area contributed by atoms with E-state index in [1.165, 1.54) is 18.9 Å². The predicted octanol–water partition coefficient (Wildman–Crippen LogP) is 4.25. The summed E-state index contributed by atoms with van der Waals surface area (Å²) >= 11 is 7.56. The highest BCUT2D eigenvalue weighted by atomic mass is 35.5. The van der Waals surface area contributed by atoms with E-state index in [2.05, 4.69) is 20.5 Å². The van der Waals surface area contributed by atoms with Gasteiger partial charge in [0.05, 0.1) is 36.7 Å². The molecule has 0 unspecified atom stereocenters. The average Bonchev–Trinajstić information content (AvgIpc) is 3.21. The van der Waals surface area contributed by atoms with E-state index in [0.717, 1.165) is 11.3 Å². The van der Waals surface area contributed by atoms with Crippen molar-refractivity contribution in [1.29, 1.82) is 5.41 Å². The fourth-order valence-electron chi connectivity index (χ4n) is 3.51. The normalized spacial score (nSPS) is 11.0. The number of rotatable bonds is 7. The van der Waals surface area contributed by atoms with Crippen LogP contribution < -0.4 is 20.3 Å². The number of methoxy groups -OCH3 is 2. The summed E-state index contributed by atoms with van der Waals surface area (Å²) in [6.07, 6.45) is 0. The molecule has 0 saturated heterocycles. The number of carbonyl (C=O) groups is 1. The zero-order chi connectivity index (χ0) is 24.4. The van der Waals surface area contributed by atoms with Gasteiger partial charge in [0, 0.05) is 16.8 Å². The molecule has 0 saturated carbocycles. The number of nitrogens with zero attached hydrogens (tertiary/aromatic N) is 3.